The molecule has 1 fully saturated rings. The van der Waals surface area contributed by atoms with Crippen LogP contribution in [0.4, 0.5) is 13.2 Å². The summed E-state index contributed by atoms with van der Waals surface area (Å²) in [6.45, 7) is 5.96. The molecule has 3 atom stereocenters. The van der Waals surface area contributed by atoms with E-state index in [1.807, 2.05) is 0 Å². The second-order valence-electron chi connectivity index (χ2n) is 5.55. The van der Waals surface area contributed by atoms with E-state index in [1.165, 1.54) is 20.1 Å². The van der Waals surface area contributed by atoms with Gasteiger partial charge in [-0.25, -0.2) is 0 Å². The first-order chi connectivity index (χ1) is 10.7. The number of aliphatic hydroxyl groups is 1. The van der Waals surface area contributed by atoms with E-state index in [0.717, 1.165) is 25.8 Å². The molecule has 1 saturated heterocycles. The standard InChI is InChI=1S/C16H26F3NO3/c1-5-12-8-7-9-20(12)14(6-2)13(15(21)22-4)10-11(3)23-16(17,18)19/h6,10-12,15,21H,5,7-9H2,1-4H3/b13-10+,14-6+. The number of methoxy groups -OCH3 is 1. The number of halogens is 3. The maximum absolute atomic E-state index is 12.4. The number of nitrogens with zero attached hydrogens (tertiary/aromatic N) is 1. The van der Waals surface area contributed by atoms with Crippen LogP contribution in [0.25, 0.3) is 0 Å². The predicted molar refractivity (Wildman–Crippen MR) is 81.5 cm³/mol. The lowest BCUT2D eigenvalue weighted by molar-refractivity contribution is -0.334. The first-order valence-corrected chi connectivity index (χ1v) is 7.83. The zero-order valence-electron chi connectivity index (χ0n) is 14.1. The molecule has 4 nitrogen and oxygen atoms in total. The molecular weight excluding hydrogens is 311 g/mol. The van der Waals surface area contributed by atoms with Gasteiger partial charge in [0.15, 0.2) is 6.29 Å². The molecule has 0 aromatic heterocycles. The van der Waals surface area contributed by atoms with Crippen molar-refractivity contribution in [1.82, 2.24) is 4.90 Å². The second kappa shape index (κ2) is 8.70. The van der Waals surface area contributed by atoms with Crippen molar-refractivity contribution in [2.75, 3.05) is 13.7 Å². The van der Waals surface area contributed by atoms with Gasteiger partial charge in [0.05, 0.1) is 6.10 Å². The summed E-state index contributed by atoms with van der Waals surface area (Å²) in [6, 6.07) is 0.312. The Bertz CT molecular complexity index is 435. The monoisotopic (exact) mass is 337 g/mol. The van der Waals surface area contributed by atoms with Crippen LogP contribution in [0.15, 0.2) is 23.4 Å². The van der Waals surface area contributed by atoms with Gasteiger partial charge in [-0.2, -0.15) is 0 Å². The van der Waals surface area contributed by atoms with Crippen molar-refractivity contribution in [3.8, 4) is 0 Å². The number of allylic oxidation sites excluding steroid dienone is 1. The highest BCUT2D eigenvalue weighted by molar-refractivity contribution is 5.33. The van der Waals surface area contributed by atoms with E-state index >= 15 is 0 Å². The molecular formula is C16H26F3NO3. The molecule has 0 radical (unpaired) electrons. The molecule has 0 aromatic carbocycles. The second-order valence-corrected chi connectivity index (χ2v) is 5.55. The highest BCUT2D eigenvalue weighted by Gasteiger charge is 2.33. The molecule has 0 aromatic rings. The average Bonchev–Trinajstić information content (AvgIpc) is 2.92. The summed E-state index contributed by atoms with van der Waals surface area (Å²) < 4.78 is 46.0. The molecule has 3 unspecified atom stereocenters. The topological polar surface area (TPSA) is 41.9 Å². The van der Waals surface area contributed by atoms with E-state index in [0.29, 0.717) is 17.3 Å². The van der Waals surface area contributed by atoms with Crippen molar-refractivity contribution in [3.63, 3.8) is 0 Å². The summed E-state index contributed by atoms with van der Waals surface area (Å²) in [4.78, 5) is 2.12. The smallest absolute Gasteiger partial charge is 0.368 e. The SMILES string of the molecule is C/C=C(\C(=C/C(C)OC(F)(F)F)C(O)OC)N1CCCC1CC. The molecule has 0 saturated carbocycles. The summed E-state index contributed by atoms with van der Waals surface area (Å²) in [5.74, 6) is 0. The summed E-state index contributed by atoms with van der Waals surface area (Å²) in [5, 5.41) is 10.1. The van der Waals surface area contributed by atoms with E-state index in [9.17, 15) is 18.3 Å². The highest BCUT2D eigenvalue weighted by Crippen LogP contribution is 2.31. The Morgan fingerprint density at radius 3 is 2.57 bits per heavy atom. The Kier molecular flexibility index (Phi) is 7.57. The number of ether oxygens (including phenoxy) is 2. The third kappa shape index (κ3) is 5.82. The predicted octanol–water partition coefficient (Wildman–Crippen LogP) is 3.58. The van der Waals surface area contributed by atoms with E-state index < -0.39 is 18.8 Å². The van der Waals surface area contributed by atoms with E-state index in [-0.39, 0.29) is 0 Å². The van der Waals surface area contributed by atoms with E-state index in [2.05, 4.69) is 16.6 Å². The molecule has 0 bridgehead atoms. The highest BCUT2D eigenvalue weighted by atomic mass is 19.4. The fourth-order valence-corrected chi connectivity index (χ4v) is 2.99. The normalized spacial score (nSPS) is 23.3. The molecule has 1 aliphatic rings. The van der Waals surface area contributed by atoms with E-state index in [4.69, 9.17) is 4.74 Å². The lowest BCUT2D eigenvalue weighted by Crippen LogP contribution is -2.33. The van der Waals surface area contributed by atoms with Crippen LogP contribution in [-0.2, 0) is 9.47 Å². The van der Waals surface area contributed by atoms with Crippen molar-refractivity contribution >= 4 is 0 Å². The van der Waals surface area contributed by atoms with Crippen molar-refractivity contribution in [2.45, 2.75) is 64.8 Å². The van der Waals surface area contributed by atoms with Gasteiger partial charge in [-0.1, -0.05) is 13.0 Å². The number of aliphatic hydroxyl groups excluding tert-OH is 1. The number of hydrogen-bond donors (Lipinski definition) is 1. The van der Waals surface area contributed by atoms with Gasteiger partial charge < -0.3 is 14.7 Å². The Hall–Kier alpha value is -1.05. The third-order valence-electron chi connectivity index (χ3n) is 3.95. The fourth-order valence-electron chi connectivity index (χ4n) is 2.99. The minimum absolute atomic E-state index is 0.298. The molecule has 7 heteroatoms. The summed E-state index contributed by atoms with van der Waals surface area (Å²) in [5.41, 5.74) is 0.994. The quantitative estimate of drug-likeness (QED) is 0.569. The first-order valence-electron chi connectivity index (χ1n) is 7.83. The summed E-state index contributed by atoms with van der Waals surface area (Å²) in [7, 11) is 1.31. The van der Waals surface area contributed by atoms with Crippen molar-refractivity contribution in [1.29, 1.82) is 0 Å². The van der Waals surface area contributed by atoms with Gasteiger partial charge in [0.25, 0.3) is 0 Å². The van der Waals surface area contributed by atoms with E-state index in [1.54, 1.807) is 13.0 Å². The lowest BCUT2D eigenvalue weighted by atomic mass is 10.1. The number of likely N-dealkylation sites (tertiary alicyclic amines) is 1. The molecule has 0 amide bonds. The maximum Gasteiger partial charge on any atom is 0.523 e. The molecule has 1 aliphatic heterocycles. The average molecular weight is 337 g/mol. The zero-order chi connectivity index (χ0) is 17.6. The number of rotatable bonds is 7. The number of hydrogen-bond acceptors (Lipinski definition) is 4. The Morgan fingerprint density at radius 1 is 1.43 bits per heavy atom. The van der Waals surface area contributed by atoms with Crippen LogP contribution < -0.4 is 0 Å². The third-order valence-corrected chi connectivity index (χ3v) is 3.95. The van der Waals surface area contributed by atoms with Gasteiger partial charge in [-0.15, -0.1) is 13.2 Å². The first kappa shape index (κ1) is 20.0. The summed E-state index contributed by atoms with van der Waals surface area (Å²) in [6.07, 6.45) is -1.23. The van der Waals surface area contributed by atoms with Crippen LogP contribution in [0.3, 0.4) is 0 Å². The Balaban J connectivity index is 3.08. The fraction of sp³-hybridized carbons (Fsp3) is 0.750. The van der Waals surface area contributed by atoms with Crippen LogP contribution in [0.2, 0.25) is 0 Å². The minimum atomic E-state index is -4.73. The Labute approximate surface area is 135 Å². The van der Waals surface area contributed by atoms with Gasteiger partial charge in [0.1, 0.15) is 0 Å². The van der Waals surface area contributed by atoms with Gasteiger partial charge in [0, 0.05) is 31.0 Å². The van der Waals surface area contributed by atoms with Crippen LogP contribution in [0, 0.1) is 0 Å². The van der Waals surface area contributed by atoms with Gasteiger partial charge in [-0.3, -0.25) is 4.74 Å². The largest absolute Gasteiger partial charge is 0.523 e. The van der Waals surface area contributed by atoms with Crippen LogP contribution in [0.5, 0.6) is 0 Å². The molecule has 0 aliphatic carbocycles. The zero-order valence-corrected chi connectivity index (χ0v) is 14.1. The van der Waals surface area contributed by atoms with Gasteiger partial charge in [0.2, 0.25) is 0 Å². The van der Waals surface area contributed by atoms with Crippen molar-refractivity contribution in [3.05, 3.63) is 23.4 Å². The molecule has 1 heterocycles. The minimum Gasteiger partial charge on any atom is -0.368 e. The van der Waals surface area contributed by atoms with Gasteiger partial charge >= 0.3 is 6.36 Å². The molecule has 23 heavy (non-hydrogen) atoms. The van der Waals surface area contributed by atoms with Crippen molar-refractivity contribution < 1.29 is 27.8 Å². The summed E-state index contributed by atoms with van der Waals surface area (Å²) >= 11 is 0. The Morgan fingerprint density at radius 2 is 2.09 bits per heavy atom. The van der Waals surface area contributed by atoms with Crippen molar-refractivity contribution in [2.24, 2.45) is 0 Å². The number of alkyl halides is 3. The molecule has 1 N–H and O–H groups in total. The maximum atomic E-state index is 12.4. The lowest BCUT2D eigenvalue weighted by Gasteiger charge is -2.32. The van der Waals surface area contributed by atoms with Crippen LogP contribution in [-0.4, -0.2) is 48.5 Å². The molecule has 0 spiro atoms. The van der Waals surface area contributed by atoms with Gasteiger partial charge in [-0.05, 0) is 39.2 Å². The van der Waals surface area contributed by atoms with Crippen LogP contribution in [0.1, 0.15) is 40.0 Å². The molecule has 134 valence electrons. The van der Waals surface area contributed by atoms with Crippen LogP contribution >= 0.6 is 0 Å². The molecule has 1 rings (SSSR count).